The highest BCUT2D eigenvalue weighted by Gasteiger charge is 2.14. The van der Waals surface area contributed by atoms with Gasteiger partial charge in [0.25, 0.3) is 5.91 Å². The molecule has 8 nitrogen and oxygen atoms in total. The average Bonchev–Trinajstić information content (AvgIpc) is 3.39. The molecule has 0 aliphatic heterocycles. The normalized spacial score (nSPS) is 11.4. The van der Waals surface area contributed by atoms with E-state index in [1.165, 1.54) is 0 Å². The number of hydrogen-bond donors (Lipinski definition) is 2. The van der Waals surface area contributed by atoms with E-state index in [-0.39, 0.29) is 5.91 Å². The Kier molecular flexibility index (Phi) is 5.05. The highest BCUT2D eigenvalue weighted by Crippen LogP contribution is 2.27. The van der Waals surface area contributed by atoms with Crippen LogP contribution in [0.25, 0.3) is 21.8 Å². The minimum Gasteiger partial charge on any atom is -0.383 e. The second kappa shape index (κ2) is 8.05. The van der Waals surface area contributed by atoms with Crippen molar-refractivity contribution in [3.63, 3.8) is 0 Å². The number of nitrogens with one attached hydrogen (secondary N) is 1. The van der Waals surface area contributed by atoms with Gasteiger partial charge in [0.15, 0.2) is 0 Å². The molecule has 3 heterocycles. The molecule has 0 unspecified atom stereocenters. The standard InChI is InChI=1S/C25H25N7O/c1-15-10-19-18(8-9-27-24(19)26)16(2)20(15)12-28-25(33)17-11-29-32(13-17)14-23-30-21-6-4-5-7-22(21)31(23)3/h4-11,13H,12,14H2,1-3H3,(H2,26,27)(H,28,33). The number of amides is 1. The Labute approximate surface area is 191 Å². The maximum absolute atomic E-state index is 12.8. The molecule has 8 heteroatoms. The molecule has 0 saturated carbocycles. The van der Waals surface area contributed by atoms with Crippen LogP contribution in [-0.2, 0) is 20.1 Å². The van der Waals surface area contributed by atoms with Crippen molar-refractivity contribution >= 4 is 33.5 Å². The predicted molar refractivity (Wildman–Crippen MR) is 129 cm³/mol. The van der Waals surface area contributed by atoms with Crippen molar-refractivity contribution in [2.24, 2.45) is 7.05 Å². The minimum atomic E-state index is -0.167. The molecule has 3 aromatic heterocycles. The van der Waals surface area contributed by atoms with Crippen LogP contribution in [0.3, 0.4) is 0 Å². The highest BCUT2D eigenvalue weighted by atomic mass is 16.1. The first-order chi connectivity index (χ1) is 15.9. The SMILES string of the molecule is Cc1cc2c(N)nccc2c(C)c1CNC(=O)c1cnn(Cc2nc3ccccc3n2C)c1. The van der Waals surface area contributed by atoms with E-state index >= 15 is 0 Å². The Morgan fingerprint density at radius 2 is 1.97 bits per heavy atom. The molecule has 1 amide bonds. The summed E-state index contributed by atoms with van der Waals surface area (Å²) in [7, 11) is 1.99. The number of benzene rings is 2. The van der Waals surface area contributed by atoms with Gasteiger partial charge in [0.2, 0.25) is 0 Å². The largest absolute Gasteiger partial charge is 0.383 e. The smallest absolute Gasteiger partial charge is 0.254 e. The van der Waals surface area contributed by atoms with Gasteiger partial charge in [-0.25, -0.2) is 9.97 Å². The number of fused-ring (bicyclic) bond motifs is 2. The van der Waals surface area contributed by atoms with E-state index in [1.54, 1.807) is 23.3 Å². The molecule has 5 aromatic rings. The summed E-state index contributed by atoms with van der Waals surface area (Å²) in [5.41, 5.74) is 11.8. The Hall–Kier alpha value is -4.20. The van der Waals surface area contributed by atoms with Gasteiger partial charge in [-0.05, 0) is 60.2 Å². The van der Waals surface area contributed by atoms with Crippen molar-refractivity contribution in [2.75, 3.05) is 5.73 Å². The number of hydrogen-bond acceptors (Lipinski definition) is 5. The molecule has 5 rings (SSSR count). The van der Waals surface area contributed by atoms with Crippen molar-refractivity contribution in [3.8, 4) is 0 Å². The molecule has 166 valence electrons. The lowest BCUT2D eigenvalue weighted by Gasteiger charge is -2.14. The Balaban J connectivity index is 1.32. The number of anilines is 1. The summed E-state index contributed by atoms with van der Waals surface area (Å²) in [6, 6.07) is 12.0. The lowest BCUT2D eigenvalue weighted by Crippen LogP contribution is -2.23. The summed E-state index contributed by atoms with van der Waals surface area (Å²) >= 11 is 0. The summed E-state index contributed by atoms with van der Waals surface area (Å²) in [4.78, 5) is 21.7. The molecule has 2 aromatic carbocycles. The zero-order valence-electron chi connectivity index (χ0n) is 18.8. The fourth-order valence-electron chi connectivity index (χ4n) is 4.32. The van der Waals surface area contributed by atoms with Gasteiger partial charge in [-0.3, -0.25) is 9.48 Å². The zero-order chi connectivity index (χ0) is 23.1. The van der Waals surface area contributed by atoms with Gasteiger partial charge >= 0.3 is 0 Å². The van der Waals surface area contributed by atoms with Crippen LogP contribution in [0.4, 0.5) is 5.82 Å². The van der Waals surface area contributed by atoms with E-state index in [9.17, 15) is 4.79 Å². The van der Waals surface area contributed by atoms with E-state index in [0.29, 0.717) is 24.5 Å². The summed E-state index contributed by atoms with van der Waals surface area (Å²) in [5, 5.41) is 9.38. The molecular weight excluding hydrogens is 414 g/mol. The average molecular weight is 440 g/mol. The van der Waals surface area contributed by atoms with Gasteiger partial charge in [0, 0.05) is 31.4 Å². The number of nitrogens with zero attached hydrogens (tertiary/aromatic N) is 5. The lowest BCUT2D eigenvalue weighted by molar-refractivity contribution is 0.0950. The van der Waals surface area contributed by atoms with Gasteiger partial charge in [-0.2, -0.15) is 5.10 Å². The lowest BCUT2D eigenvalue weighted by atomic mass is 9.96. The Morgan fingerprint density at radius 3 is 2.79 bits per heavy atom. The quantitative estimate of drug-likeness (QED) is 0.436. The van der Waals surface area contributed by atoms with Gasteiger partial charge in [-0.1, -0.05) is 12.1 Å². The summed E-state index contributed by atoms with van der Waals surface area (Å²) in [5.74, 6) is 1.23. The summed E-state index contributed by atoms with van der Waals surface area (Å²) in [6.45, 7) is 4.97. The maximum atomic E-state index is 12.8. The van der Waals surface area contributed by atoms with Crippen molar-refractivity contribution in [1.29, 1.82) is 0 Å². The van der Waals surface area contributed by atoms with Crippen LogP contribution < -0.4 is 11.1 Å². The van der Waals surface area contributed by atoms with Gasteiger partial charge < -0.3 is 15.6 Å². The number of nitrogens with two attached hydrogens (primary N) is 1. The van der Waals surface area contributed by atoms with Crippen LogP contribution in [0, 0.1) is 13.8 Å². The molecule has 0 aliphatic rings. The number of carbonyl (C=O) groups excluding carboxylic acids is 1. The van der Waals surface area contributed by atoms with E-state index in [1.807, 2.05) is 61.9 Å². The van der Waals surface area contributed by atoms with Gasteiger partial charge in [-0.15, -0.1) is 0 Å². The molecule has 0 spiro atoms. The number of nitrogen functional groups attached to an aromatic ring is 1. The molecule has 3 N–H and O–H groups in total. The third kappa shape index (κ3) is 3.69. The van der Waals surface area contributed by atoms with Gasteiger partial charge in [0.1, 0.15) is 11.6 Å². The molecule has 0 radical (unpaired) electrons. The Morgan fingerprint density at radius 1 is 1.15 bits per heavy atom. The van der Waals surface area contributed by atoms with Crippen molar-refractivity contribution < 1.29 is 4.79 Å². The second-order valence-corrected chi connectivity index (χ2v) is 8.27. The number of aromatic nitrogens is 5. The van der Waals surface area contributed by atoms with Crippen LogP contribution >= 0.6 is 0 Å². The van der Waals surface area contributed by atoms with Crippen LogP contribution in [0.15, 0.2) is 55.0 Å². The number of para-hydroxylation sites is 2. The first-order valence-electron chi connectivity index (χ1n) is 10.8. The highest BCUT2D eigenvalue weighted by molar-refractivity contribution is 5.95. The van der Waals surface area contributed by atoms with Crippen LogP contribution in [0.2, 0.25) is 0 Å². The second-order valence-electron chi connectivity index (χ2n) is 8.27. The number of carbonyl (C=O) groups is 1. The number of pyridine rings is 1. The summed E-state index contributed by atoms with van der Waals surface area (Å²) in [6.07, 6.45) is 5.05. The van der Waals surface area contributed by atoms with Gasteiger partial charge in [0.05, 0.1) is 29.3 Å². The number of aryl methyl sites for hydroxylation is 3. The van der Waals surface area contributed by atoms with E-state index in [4.69, 9.17) is 5.73 Å². The third-order valence-corrected chi connectivity index (χ3v) is 6.22. The van der Waals surface area contributed by atoms with Crippen LogP contribution in [0.1, 0.15) is 32.9 Å². The van der Waals surface area contributed by atoms with Crippen molar-refractivity contribution in [3.05, 3.63) is 83.1 Å². The maximum Gasteiger partial charge on any atom is 0.254 e. The number of imidazole rings is 1. The first-order valence-corrected chi connectivity index (χ1v) is 10.8. The molecular formula is C25H25N7O. The van der Waals surface area contributed by atoms with Crippen LogP contribution in [0.5, 0.6) is 0 Å². The molecule has 0 atom stereocenters. The third-order valence-electron chi connectivity index (χ3n) is 6.22. The van der Waals surface area contributed by atoms with Crippen LogP contribution in [-0.4, -0.2) is 30.2 Å². The topological polar surface area (TPSA) is 104 Å². The monoisotopic (exact) mass is 439 g/mol. The predicted octanol–water partition coefficient (Wildman–Crippen LogP) is 3.50. The zero-order valence-corrected chi connectivity index (χ0v) is 18.8. The minimum absolute atomic E-state index is 0.167. The molecule has 0 bridgehead atoms. The fraction of sp³-hybridized carbons (Fsp3) is 0.200. The first kappa shape index (κ1) is 20.7. The molecule has 33 heavy (non-hydrogen) atoms. The Bertz CT molecular complexity index is 1510. The van der Waals surface area contributed by atoms with Crippen molar-refractivity contribution in [2.45, 2.75) is 26.9 Å². The molecule has 0 saturated heterocycles. The molecule has 0 fully saturated rings. The fourth-order valence-corrected chi connectivity index (χ4v) is 4.32. The number of rotatable bonds is 5. The molecule has 0 aliphatic carbocycles. The van der Waals surface area contributed by atoms with E-state index in [0.717, 1.165) is 44.3 Å². The van der Waals surface area contributed by atoms with E-state index in [2.05, 4.69) is 20.4 Å². The van der Waals surface area contributed by atoms with Crippen molar-refractivity contribution in [1.82, 2.24) is 29.6 Å². The summed E-state index contributed by atoms with van der Waals surface area (Å²) < 4.78 is 3.78. The van der Waals surface area contributed by atoms with E-state index < -0.39 is 0 Å².